The maximum atomic E-state index is 14.0. The van der Waals surface area contributed by atoms with Crippen LogP contribution in [0.15, 0.2) is 71.6 Å². The number of hydrogen-bond donors (Lipinski definition) is 1. The quantitative estimate of drug-likeness (QED) is 0.225. The lowest BCUT2D eigenvalue weighted by Gasteiger charge is -2.32. The first-order valence-electron chi connectivity index (χ1n) is 12.9. The summed E-state index contributed by atoms with van der Waals surface area (Å²) >= 11 is 18.6. The third-order valence-corrected chi connectivity index (χ3v) is 9.19. The number of unbranched alkanes of at least 4 members (excludes halogenated alkanes) is 1. The van der Waals surface area contributed by atoms with Crippen LogP contribution >= 0.6 is 34.8 Å². The Bertz CT molecular complexity index is 1470. The summed E-state index contributed by atoms with van der Waals surface area (Å²) in [5, 5.41) is 3.64. The van der Waals surface area contributed by atoms with E-state index >= 15 is 0 Å². The summed E-state index contributed by atoms with van der Waals surface area (Å²) in [5.74, 6) is -0.630. The molecule has 0 fully saturated rings. The van der Waals surface area contributed by atoms with E-state index in [-0.39, 0.29) is 33.1 Å². The molecule has 0 saturated carbocycles. The topological polar surface area (TPSA) is 96.0 Å². The molecule has 3 aromatic carbocycles. The molecule has 1 N–H and O–H groups in total. The fourth-order valence-electron chi connectivity index (χ4n) is 4.01. The molecule has 3 aromatic rings. The second-order valence-corrected chi connectivity index (χ2v) is 12.3. The van der Waals surface area contributed by atoms with Gasteiger partial charge in [0.25, 0.3) is 10.0 Å². The van der Waals surface area contributed by atoms with Gasteiger partial charge in [-0.2, -0.15) is 0 Å². The zero-order valence-electron chi connectivity index (χ0n) is 22.9. The first kappa shape index (κ1) is 32.5. The van der Waals surface area contributed by atoms with Crippen molar-refractivity contribution in [2.45, 2.75) is 44.2 Å². The summed E-state index contributed by atoms with van der Waals surface area (Å²) in [6.45, 7) is 3.43. The number of methoxy groups -OCH3 is 1. The zero-order chi connectivity index (χ0) is 30.2. The van der Waals surface area contributed by atoms with E-state index in [9.17, 15) is 18.0 Å². The minimum absolute atomic E-state index is 0.0128. The maximum absolute atomic E-state index is 14.0. The predicted octanol–water partition coefficient (Wildman–Crippen LogP) is 6.18. The number of nitrogens with one attached hydrogen (secondary N) is 1. The molecule has 1 atom stereocenters. The molecule has 3 rings (SSSR count). The Morgan fingerprint density at radius 1 is 0.951 bits per heavy atom. The number of benzene rings is 3. The standard InChI is InChI=1S/C29H32Cl3N3O5S/c1-4-5-15-33-29(37)20(2)34(18-21-11-13-24(30)25(31)16-21)28(36)19-35(22-12-14-27(40-3)26(32)17-22)41(38,39)23-9-7-6-8-10-23/h6-14,16-17,20H,4-5,15,18-19H2,1-3H3,(H,33,37)/t20-/m0/s1. The summed E-state index contributed by atoms with van der Waals surface area (Å²) in [5.41, 5.74) is 0.772. The average molecular weight is 641 g/mol. The summed E-state index contributed by atoms with van der Waals surface area (Å²) in [6, 6.07) is 16.2. The van der Waals surface area contributed by atoms with Crippen LogP contribution in [0.1, 0.15) is 32.3 Å². The van der Waals surface area contributed by atoms with Crippen molar-refractivity contribution in [1.29, 1.82) is 0 Å². The Morgan fingerprint density at radius 2 is 1.66 bits per heavy atom. The second-order valence-electron chi connectivity index (χ2n) is 9.23. The number of halogens is 3. The van der Waals surface area contributed by atoms with Crippen LogP contribution in [0.5, 0.6) is 5.75 Å². The van der Waals surface area contributed by atoms with E-state index in [1.165, 1.54) is 42.3 Å². The highest BCUT2D eigenvalue weighted by Crippen LogP contribution is 2.32. The van der Waals surface area contributed by atoms with E-state index in [4.69, 9.17) is 39.5 Å². The van der Waals surface area contributed by atoms with Gasteiger partial charge in [-0.1, -0.05) is 72.4 Å². The Morgan fingerprint density at radius 3 is 2.27 bits per heavy atom. The molecule has 220 valence electrons. The monoisotopic (exact) mass is 639 g/mol. The van der Waals surface area contributed by atoms with Gasteiger partial charge in [0.05, 0.1) is 32.8 Å². The number of carbonyl (C=O) groups excluding carboxylic acids is 2. The number of sulfonamides is 1. The van der Waals surface area contributed by atoms with Crippen molar-refractivity contribution in [2.75, 3.05) is 24.5 Å². The molecule has 0 aliphatic carbocycles. The van der Waals surface area contributed by atoms with Crippen LogP contribution in [0.3, 0.4) is 0 Å². The van der Waals surface area contributed by atoms with Crippen molar-refractivity contribution >= 4 is 62.3 Å². The highest BCUT2D eigenvalue weighted by Gasteiger charge is 2.32. The molecule has 0 radical (unpaired) electrons. The first-order chi connectivity index (χ1) is 19.5. The third-order valence-electron chi connectivity index (χ3n) is 6.37. The van der Waals surface area contributed by atoms with Crippen LogP contribution in [0.4, 0.5) is 5.69 Å². The predicted molar refractivity (Wildman–Crippen MR) is 163 cm³/mol. The number of ether oxygens (including phenoxy) is 1. The molecule has 12 heteroatoms. The molecule has 8 nitrogen and oxygen atoms in total. The van der Waals surface area contributed by atoms with Gasteiger partial charge in [-0.25, -0.2) is 8.42 Å². The molecule has 0 aliphatic heterocycles. The van der Waals surface area contributed by atoms with Gasteiger partial charge < -0.3 is 15.0 Å². The molecule has 0 saturated heterocycles. The highest BCUT2D eigenvalue weighted by molar-refractivity contribution is 7.92. The van der Waals surface area contributed by atoms with Gasteiger partial charge in [0, 0.05) is 13.1 Å². The van der Waals surface area contributed by atoms with Crippen LogP contribution < -0.4 is 14.4 Å². The highest BCUT2D eigenvalue weighted by atomic mass is 35.5. The average Bonchev–Trinajstić information content (AvgIpc) is 2.96. The van der Waals surface area contributed by atoms with E-state index in [0.29, 0.717) is 22.9 Å². The number of carbonyl (C=O) groups is 2. The van der Waals surface area contributed by atoms with Gasteiger partial charge in [-0.05, 0) is 61.4 Å². The van der Waals surface area contributed by atoms with Gasteiger partial charge in [-0.15, -0.1) is 0 Å². The molecule has 0 aliphatic rings. The summed E-state index contributed by atoms with van der Waals surface area (Å²) in [7, 11) is -2.78. The lowest BCUT2D eigenvalue weighted by atomic mass is 10.1. The number of amides is 2. The van der Waals surface area contributed by atoms with Crippen molar-refractivity contribution < 1.29 is 22.7 Å². The summed E-state index contributed by atoms with van der Waals surface area (Å²) < 4.78 is 33.9. The Balaban J connectivity index is 2.04. The number of rotatable bonds is 13. The van der Waals surface area contributed by atoms with E-state index in [1.54, 1.807) is 43.3 Å². The van der Waals surface area contributed by atoms with E-state index in [0.717, 1.165) is 17.1 Å². The number of nitrogens with zero attached hydrogens (tertiary/aromatic N) is 2. The van der Waals surface area contributed by atoms with E-state index < -0.39 is 28.5 Å². The van der Waals surface area contributed by atoms with Crippen LogP contribution in [-0.2, 0) is 26.2 Å². The maximum Gasteiger partial charge on any atom is 0.264 e. The van der Waals surface area contributed by atoms with Crippen molar-refractivity contribution in [2.24, 2.45) is 0 Å². The molecular weight excluding hydrogens is 609 g/mol. The first-order valence-corrected chi connectivity index (χ1v) is 15.5. The van der Waals surface area contributed by atoms with Gasteiger partial charge >= 0.3 is 0 Å². The van der Waals surface area contributed by atoms with Gasteiger partial charge in [0.15, 0.2) is 0 Å². The molecule has 0 spiro atoms. The minimum Gasteiger partial charge on any atom is -0.495 e. The van der Waals surface area contributed by atoms with Crippen molar-refractivity contribution in [3.8, 4) is 5.75 Å². The SMILES string of the molecule is CCCCNC(=O)[C@H](C)N(Cc1ccc(Cl)c(Cl)c1)C(=O)CN(c1ccc(OC)c(Cl)c1)S(=O)(=O)c1ccccc1. The van der Waals surface area contributed by atoms with Crippen molar-refractivity contribution in [3.63, 3.8) is 0 Å². The van der Waals surface area contributed by atoms with Crippen LogP contribution in [0.2, 0.25) is 15.1 Å². The largest absolute Gasteiger partial charge is 0.495 e. The smallest absolute Gasteiger partial charge is 0.264 e. The van der Waals surface area contributed by atoms with Crippen molar-refractivity contribution in [3.05, 3.63) is 87.4 Å². The van der Waals surface area contributed by atoms with Crippen LogP contribution in [0.25, 0.3) is 0 Å². The van der Waals surface area contributed by atoms with Crippen molar-refractivity contribution in [1.82, 2.24) is 10.2 Å². The summed E-state index contributed by atoms with van der Waals surface area (Å²) in [6.07, 6.45) is 1.66. The van der Waals surface area contributed by atoms with E-state index in [1.807, 2.05) is 6.92 Å². The molecule has 0 bridgehead atoms. The minimum atomic E-state index is -4.22. The van der Waals surface area contributed by atoms with Gasteiger partial charge in [0.1, 0.15) is 18.3 Å². The molecule has 0 unspecified atom stereocenters. The number of hydrogen-bond acceptors (Lipinski definition) is 5. The molecule has 0 heterocycles. The Labute approximate surface area is 256 Å². The normalized spacial score (nSPS) is 12.0. The summed E-state index contributed by atoms with van der Waals surface area (Å²) in [4.78, 5) is 28.3. The third kappa shape index (κ3) is 8.29. The second kappa shape index (κ2) is 14.8. The fourth-order valence-corrected chi connectivity index (χ4v) is 6.01. The van der Waals surface area contributed by atoms with E-state index in [2.05, 4.69) is 5.32 Å². The molecule has 41 heavy (non-hydrogen) atoms. The van der Waals surface area contributed by atoms with Gasteiger partial charge in [-0.3, -0.25) is 13.9 Å². The number of anilines is 1. The lowest BCUT2D eigenvalue weighted by molar-refractivity contribution is -0.139. The van der Waals surface area contributed by atoms with Gasteiger partial charge in [0.2, 0.25) is 11.8 Å². The molecule has 0 aromatic heterocycles. The molecular formula is C29H32Cl3N3O5S. The fraction of sp³-hybridized carbons (Fsp3) is 0.310. The van der Waals surface area contributed by atoms with Crippen LogP contribution in [0, 0.1) is 0 Å². The zero-order valence-corrected chi connectivity index (χ0v) is 26.0. The van der Waals surface area contributed by atoms with Crippen LogP contribution in [-0.4, -0.2) is 51.4 Å². The Kier molecular flexibility index (Phi) is 11.7. The lowest BCUT2D eigenvalue weighted by Crippen LogP contribution is -2.51. The Hall–Kier alpha value is -2.98. The molecule has 2 amide bonds.